The summed E-state index contributed by atoms with van der Waals surface area (Å²) in [5.74, 6) is -2.94. The molecule has 1 aromatic rings. The molecule has 0 aromatic heterocycles. The van der Waals surface area contributed by atoms with Gasteiger partial charge in [0.15, 0.2) is 5.92 Å². The van der Waals surface area contributed by atoms with Crippen LogP contribution in [-0.4, -0.2) is 25.3 Å². The smallest absolute Gasteiger partial charge is 0.322 e. The fourth-order valence-corrected chi connectivity index (χ4v) is 1.80. The van der Waals surface area contributed by atoms with Crippen molar-refractivity contribution in [3.63, 3.8) is 0 Å². The molecule has 1 aromatic carbocycles. The molecule has 1 amide bonds. The lowest BCUT2D eigenvalue weighted by Gasteiger charge is -2.13. The van der Waals surface area contributed by atoms with E-state index in [1.54, 1.807) is 6.07 Å². The number of esters is 1. The van der Waals surface area contributed by atoms with Gasteiger partial charge < -0.3 is 10.5 Å². The minimum Gasteiger partial charge on any atom is -0.468 e. The number of aldehydes is 1. The molecule has 5 nitrogen and oxygen atoms in total. The highest BCUT2D eigenvalue weighted by molar-refractivity contribution is 9.10. The van der Waals surface area contributed by atoms with Crippen LogP contribution in [-0.2, 0) is 14.3 Å². The number of carbonyl (C=O) groups excluding carboxylic acids is 3. The summed E-state index contributed by atoms with van der Waals surface area (Å²) in [5.41, 5.74) is 5.60. The van der Waals surface area contributed by atoms with E-state index in [0.717, 1.165) is 7.11 Å². The fourth-order valence-electron chi connectivity index (χ4n) is 1.42. The van der Waals surface area contributed by atoms with Gasteiger partial charge in [0.25, 0.3) is 0 Å². The van der Waals surface area contributed by atoms with Gasteiger partial charge in [-0.15, -0.1) is 0 Å². The molecule has 1 atom stereocenters. The minimum absolute atomic E-state index is 0.224. The summed E-state index contributed by atoms with van der Waals surface area (Å²) in [4.78, 5) is 33.6. The second kappa shape index (κ2) is 5.58. The van der Waals surface area contributed by atoms with Gasteiger partial charge >= 0.3 is 5.97 Å². The first-order valence-electron chi connectivity index (χ1n) is 4.63. The Balaban J connectivity index is 3.36. The lowest BCUT2D eigenvalue weighted by Crippen LogP contribution is -2.30. The molecule has 1 unspecified atom stereocenters. The highest BCUT2D eigenvalue weighted by Gasteiger charge is 2.29. The standard InChI is InChI=1S/C11H10BrNO4/c1-17-11(16)9(10(13)15)8-4-7(12)3-2-6(8)5-14/h2-5,9H,1H3,(H2,13,15). The normalized spacial score (nSPS) is 11.6. The molecule has 17 heavy (non-hydrogen) atoms. The summed E-state index contributed by atoms with van der Waals surface area (Å²) in [5, 5.41) is 0. The van der Waals surface area contributed by atoms with E-state index < -0.39 is 17.8 Å². The molecule has 0 heterocycles. The van der Waals surface area contributed by atoms with Crippen LogP contribution in [0.2, 0.25) is 0 Å². The van der Waals surface area contributed by atoms with Gasteiger partial charge in [-0.1, -0.05) is 22.0 Å². The summed E-state index contributed by atoms with van der Waals surface area (Å²) in [6.45, 7) is 0. The van der Waals surface area contributed by atoms with Crippen LogP contribution < -0.4 is 5.73 Å². The first-order chi connectivity index (χ1) is 8.01. The average molecular weight is 300 g/mol. The van der Waals surface area contributed by atoms with Crippen LogP contribution in [0.3, 0.4) is 0 Å². The second-order valence-electron chi connectivity index (χ2n) is 3.25. The zero-order chi connectivity index (χ0) is 13.0. The topological polar surface area (TPSA) is 86.5 Å². The van der Waals surface area contributed by atoms with E-state index in [-0.39, 0.29) is 11.1 Å². The Bertz CT molecular complexity index is 473. The van der Waals surface area contributed by atoms with Gasteiger partial charge in [-0.3, -0.25) is 14.4 Å². The summed E-state index contributed by atoms with van der Waals surface area (Å²) in [6.07, 6.45) is 0.556. The number of hydrogen-bond acceptors (Lipinski definition) is 4. The Morgan fingerprint density at radius 2 is 2.12 bits per heavy atom. The quantitative estimate of drug-likeness (QED) is 0.510. The molecule has 0 aliphatic rings. The van der Waals surface area contributed by atoms with E-state index in [1.165, 1.54) is 12.1 Å². The third-order valence-corrected chi connectivity index (χ3v) is 2.70. The summed E-state index contributed by atoms with van der Waals surface area (Å²) < 4.78 is 5.13. The Labute approximate surface area is 106 Å². The Kier molecular flexibility index (Phi) is 4.39. The highest BCUT2D eigenvalue weighted by atomic mass is 79.9. The molecule has 0 radical (unpaired) electrons. The molecule has 2 N–H and O–H groups in total. The number of amides is 1. The fraction of sp³-hybridized carbons (Fsp3) is 0.182. The monoisotopic (exact) mass is 299 g/mol. The van der Waals surface area contributed by atoms with Gasteiger partial charge in [0, 0.05) is 10.0 Å². The van der Waals surface area contributed by atoms with Gasteiger partial charge in [-0.2, -0.15) is 0 Å². The van der Waals surface area contributed by atoms with Crippen LogP contribution in [0.25, 0.3) is 0 Å². The van der Waals surface area contributed by atoms with Gasteiger partial charge in [0.2, 0.25) is 5.91 Å². The molecular formula is C11H10BrNO4. The molecule has 0 fully saturated rings. The zero-order valence-corrected chi connectivity index (χ0v) is 10.6. The number of primary amides is 1. The van der Waals surface area contributed by atoms with E-state index in [9.17, 15) is 14.4 Å². The van der Waals surface area contributed by atoms with Crippen LogP contribution in [0.1, 0.15) is 21.8 Å². The third-order valence-electron chi connectivity index (χ3n) is 2.21. The van der Waals surface area contributed by atoms with Crippen molar-refractivity contribution in [2.75, 3.05) is 7.11 Å². The van der Waals surface area contributed by atoms with Crippen molar-refractivity contribution in [2.24, 2.45) is 5.73 Å². The van der Waals surface area contributed by atoms with Crippen molar-refractivity contribution in [3.8, 4) is 0 Å². The molecule has 1 rings (SSSR count). The van der Waals surface area contributed by atoms with Gasteiger partial charge in [-0.05, 0) is 17.7 Å². The zero-order valence-electron chi connectivity index (χ0n) is 8.98. The molecule has 90 valence electrons. The first kappa shape index (κ1) is 13.4. The summed E-state index contributed by atoms with van der Waals surface area (Å²) in [6, 6.07) is 4.62. The van der Waals surface area contributed by atoms with E-state index >= 15 is 0 Å². The van der Waals surface area contributed by atoms with Crippen molar-refractivity contribution < 1.29 is 19.1 Å². The van der Waals surface area contributed by atoms with Gasteiger partial charge in [0.1, 0.15) is 6.29 Å². The van der Waals surface area contributed by atoms with E-state index in [2.05, 4.69) is 20.7 Å². The Morgan fingerprint density at radius 3 is 2.59 bits per heavy atom. The average Bonchev–Trinajstić information content (AvgIpc) is 2.29. The number of halogens is 1. The molecule has 0 spiro atoms. The Hall–Kier alpha value is -1.69. The lowest BCUT2D eigenvalue weighted by atomic mass is 9.94. The maximum Gasteiger partial charge on any atom is 0.322 e. The largest absolute Gasteiger partial charge is 0.468 e. The Morgan fingerprint density at radius 1 is 1.47 bits per heavy atom. The van der Waals surface area contributed by atoms with Crippen LogP contribution >= 0.6 is 15.9 Å². The number of carbonyl (C=O) groups is 3. The molecular weight excluding hydrogens is 290 g/mol. The number of hydrogen-bond donors (Lipinski definition) is 1. The van der Waals surface area contributed by atoms with Crippen molar-refractivity contribution in [1.82, 2.24) is 0 Å². The van der Waals surface area contributed by atoms with Crippen molar-refractivity contribution >= 4 is 34.1 Å². The SMILES string of the molecule is COC(=O)C(C(N)=O)c1cc(Br)ccc1C=O. The highest BCUT2D eigenvalue weighted by Crippen LogP contribution is 2.24. The number of rotatable bonds is 4. The molecule has 0 saturated carbocycles. The maximum atomic E-state index is 11.5. The van der Waals surface area contributed by atoms with Crippen LogP contribution in [0.4, 0.5) is 0 Å². The molecule has 0 aliphatic carbocycles. The van der Waals surface area contributed by atoms with Gasteiger partial charge in [0.05, 0.1) is 7.11 Å². The second-order valence-corrected chi connectivity index (χ2v) is 4.17. The maximum absolute atomic E-state index is 11.5. The predicted molar refractivity (Wildman–Crippen MR) is 63.5 cm³/mol. The summed E-state index contributed by atoms with van der Waals surface area (Å²) >= 11 is 3.19. The molecule has 0 bridgehead atoms. The minimum atomic E-state index is -1.28. The number of benzene rings is 1. The van der Waals surface area contributed by atoms with E-state index in [4.69, 9.17) is 5.73 Å². The van der Waals surface area contributed by atoms with Crippen molar-refractivity contribution in [1.29, 1.82) is 0 Å². The van der Waals surface area contributed by atoms with Crippen LogP contribution in [0.5, 0.6) is 0 Å². The first-order valence-corrected chi connectivity index (χ1v) is 5.42. The van der Waals surface area contributed by atoms with Gasteiger partial charge in [-0.25, -0.2) is 0 Å². The molecule has 0 aliphatic heterocycles. The number of nitrogens with two attached hydrogens (primary N) is 1. The molecule has 6 heteroatoms. The van der Waals surface area contributed by atoms with Crippen molar-refractivity contribution in [2.45, 2.75) is 5.92 Å². The number of ether oxygens (including phenoxy) is 1. The van der Waals surface area contributed by atoms with E-state index in [0.29, 0.717) is 10.8 Å². The predicted octanol–water partition coefficient (Wildman–Crippen LogP) is 1.00. The van der Waals surface area contributed by atoms with E-state index in [1.807, 2.05) is 0 Å². The van der Waals surface area contributed by atoms with Crippen LogP contribution in [0, 0.1) is 0 Å². The van der Waals surface area contributed by atoms with Crippen molar-refractivity contribution in [3.05, 3.63) is 33.8 Å². The third kappa shape index (κ3) is 2.91. The molecule has 0 saturated heterocycles. The summed E-state index contributed by atoms with van der Waals surface area (Å²) in [7, 11) is 1.15. The van der Waals surface area contributed by atoms with Crippen LogP contribution in [0.15, 0.2) is 22.7 Å². The number of methoxy groups -OCH3 is 1. The lowest BCUT2D eigenvalue weighted by molar-refractivity contribution is -0.145.